The van der Waals surface area contributed by atoms with Crippen molar-refractivity contribution in [2.45, 2.75) is 39.2 Å². The van der Waals surface area contributed by atoms with Gasteiger partial charge in [0.15, 0.2) is 0 Å². The quantitative estimate of drug-likeness (QED) is 0.378. The number of carbonyl (C=O) groups is 2. The van der Waals surface area contributed by atoms with Gasteiger partial charge < -0.3 is 30.2 Å². The second kappa shape index (κ2) is 16.0. The minimum Gasteiger partial charge on any atom is -0.382 e. The molecule has 8 heteroatoms. The molecule has 0 aliphatic rings. The van der Waals surface area contributed by atoms with E-state index in [1.165, 1.54) is 4.90 Å². The molecule has 0 aromatic rings. The zero-order valence-electron chi connectivity index (χ0n) is 16.8. The first-order chi connectivity index (χ1) is 12.5. The summed E-state index contributed by atoms with van der Waals surface area (Å²) >= 11 is 0. The van der Waals surface area contributed by atoms with Crippen LogP contribution in [0.2, 0.25) is 0 Å². The Kier molecular flexibility index (Phi) is 15.2. The number of nitrogens with zero attached hydrogens (tertiary/aromatic N) is 1. The highest BCUT2D eigenvalue weighted by Gasteiger charge is 2.29. The highest BCUT2D eigenvalue weighted by atomic mass is 16.5. The number of ether oxygens (including phenoxy) is 3. The minimum absolute atomic E-state index is 0.00497. The van der Waals surface area contributed by atoms with Crippen molar-refractivity contribution in [2.24, 2.45) is 11.7 Å². The van der Waals surface area contributed by atoms with Gasteiger partial charge in [0.1, 0.15) is 12.6 Å². The predicted molar refractivity (Wildman–Crippen MR) is 101 cm³/mol. The monoisotopic (exact) mass is 375 g/mol. The molecular weight excluding hydrogens is 338 g/mol. The molecule has 3 N–H and O–H groups in total. The smallest absolute Gasteiger partial charge is 0.249 e. The van der Waals surface area contributed by atoms with Crippen LogP contribution in [0.4, 0.5) is 0 Å². The lowest BCUT2D eigenvalue weighted by molar-refractivity contribution is -0.144. The van der Waals surface area contributed by atoms with Gasteiger partial charge in [-0.1, -0.05) is 20.3 Å². The number of hydrogen-bond donors (Lipinski definition) is 2. The number of rotatable bonds is 16. The van der Waals surface area contributed by atoms with E-state index in [0.29, 0.717) is 39.5 Å². The SMILES string of the molecule is COCCOCCOCC(=O)N(C)C(C(=O)NCCCCCN)C(C)C. The van der Waals surface area contributed by atoms with Gasteiger partial charge in [-0.05, 0) is 25.3 Å². The number of carbonyl (C=O) groups excluding carboxylic acids is 2. The molecule has 26 heavy (non-hydrogen) atoms. The molecule has 0 saturated heterocycles. The van der Waals surface area contributed by atoms with Crippen molar-refractivity contribution >= 4 is 11.8 Å². The van der Waals surface area contributed by atoms with E-state index in [1.54, 1.807) is 14.2 Å². The Balaban J connectivity index is 4.20. The Morgan fingerprint density at radius 2 is 1.69 bits per heavy atom. The number of unbranched alkanes of at least 4 members (excludes halogenated alkanes) is 2. The van der Waals surface area contributed by atoms with Crippen LogP contribution in [-0.2, 0) is 23.8 Å². The van der Waals surface area contributed by atoms with E-state index < -0.39 is 6.04 Å². The van der Waals surface area contributed by atoms with Gasteiger partial charge in [-0.2, -0.15) is 0 Å². The number of nitrogens with two attached hydrogens (primary N) is 1. The normalized spacial score (nSPS) is 12.2. The largest absolute Gasteiger partial charge is 0.382 e. The van der Waals surface area contributed by atoms with Crippen molar-refractivity contribution in [1.82, 2.24) is 10.2 Å². The van der Waals surface area contributed by atoms with Crippen LogP contribution >= 0.6 is 0 Å². The predicted octanol–water partition coefficient (Wildman–Crippen LogP) is 0.394. The zero-order chi connectivity index (χ0) is 19.8. The Morgan fingerprint density at radius 1 is 1.04 bits per heavy atom. The van der Waals surface area contributed by atoms with E-state index >= 15 is 0 Å². The topological polar surface area (TPSA) is 103 Å². The molecule has 0 fully saturated rings. The van der Waals surface area contributed by atoms with Crippen LogP contribution in [0.5, 0.6) is 0 Å². The van der Waals surface area contributed by atoms with E-state index in [1.807, 2.05) is 13.8 Å². The van der Waals surface area contributed by atoms with Gasteiger partial charge in [-0.15, -0.1) is 0 Å². The summed E-state index contributed by atoms with van der Waals surface area (Å²) in [5.74, 6) is -0.351. The van der Waals surface area contributed by atoms with Gasteiger partial charge >= 0.3 is 0 Å². The fraction of sp³-hybridized carbons (Fsp3) is 0.889. The fourth-order valence-corrected chi connectivity index (χ4v) is 2.47. The van der Waals surface area contributed by atoms with Gasteiger partial charge in [0.2, 0.25) is 11.8 Å². The molecule has 1 atom stereocenters. The lowest BCUT2D eigenvalue weighted by atomic mass is 10.0. The molecule has 1 unspecified atom stereocenters. The van der Waals surface area contributed by atoms with Crippen LogP contribution < -0.4 is 11.1 Å². The third kappa shape index (κ3) is 11.4. The molecule has 0 spiro atoms. The molecule has 8 nitrogen and oxygen atoms in total. The van der Waals surface area contributed by atoms with E-state index in [-0.39, 0.29) is 24.3 Å². The maximum atomic E-state index is 12.4. The molecule has 0 aromatic heterocycles. The lowest BCUT2D eigenvalue weighted by Gasteiger charge is -2.30. The summed E-state index contributed by atoms with van der Waals surface area (Å²) in [6, 6.07) is -0.515. The van der Waals surface area contributed by atoms with Crippen molar-refractivity contribution in [1.29, 1.82) is 0 Å². The maximum Gasteiger partial charge on any atom is 0.249 e. The Labute approximate surface area is 157 Å². The van der Waals surface area contributed by atoms with E-state index in [2.05, 4.69) is 5.32 Å². The van der Waals surface area contributed by atoms with Crippen molar-refractivity contribution in [3.8, 4) is 0 Å². The molecule has 0 heterocycles. The summed E-state index contributed by atoms with van der Waals surface area (Å²) in [6.45, 7) is 6.78. The molecule has 0 aliphatic heterocycles. The second-order valence-corrected chi connectivity index (χ2v) is 6.49. The summed E-state index contributed by atoms with van der Waals surface area (Å²) in [4.78, 5) is 26.2. The van der Waals surface area contributed by atoms with E-state index in [4.69, 9.17) is 19.9 Å². The van der Waals surface area contributed by atoms with Crippen molar-refractivity contribution in [3.63, 3.8) is 0 Å². The molecule has 154 valence electrons. The molecule has 0 rings (SSSR count). The van der Waals surface area contributed by atoms with Gasteiger partial charge in [0.05, 0.1) is 26.4 Å². The molecule has 0 bridgehead atoms. The fourth-order valence-electron chi connectivity index (χ4n) is 2.47. The van der Waals surface area contributed by atoms with Crippen molar-refractivity contribution in [3.05, 3.63) is 0 Å². The van der Waals surface area contributed by atoms with Crippen molar-refractivity contribution < 1.29 is 23.8 Å². The molecule has 0 saturated carbocycles. The average Bonchev–Trinajstić information content (AvgIpc) is 2.60. The molecule has 2 amide bonds. The Morgan fingerprint density at radius 3 is 2.31 bits per heavy atom. The number of nitrogens with one attached hydrogen (secondary N) is 1. The highest BCUT2D eigenvalue weighted by Crippen LogP contribution is 2.10. The van der Waals surface area contributed by atoms with Gasteiger partial charge in [0.25, 0.3) is 0 Å². The number of likely N-dealkylation sites (N-methyl/N-ethyl adjacent to an activating group) is 1. The summed E-state index contributed by atoms with van der Waals surface area (Å²) in [5.41, 5.74) is 5.46. The van der Waals surface area contributed by atoms with Gasteiger partial charge in [-0.25, -0.2) is 0 Å². The third-order valence-corrected chi connectivity index (χ3v) is 3.92. The van der Waals surface area contributed by atoms with Crippen LogP contribution in [0.1, 0.15) is 33.1 Å². The van der Waals surface area contributed by atoms with E-state index in [0.717, 1.165) is 19.3 Å². The first kappa shape index (κ1) is 24.8. The van der Waals surface area contributed by atoms with E-state index in [9.17, 15) is 9.59 Å². The van der Waals surface area contributed by atoms with Gasteiger partial charge in [0, 0.05) is 20.7 Å². The zero-order valence-corrected chi connectivity index (χ0v) is 16.8. The first-order valence-corrected chi connectivity index (χ1v) is 9.33. The minimum atomic E-state index is -0.515. The summed E-state index contributed by atoms with van der Waals surface area (Å²) < 4.78 is 15.5. The highest BCUT2D eigenvalue weighted by molar-refractivity contribution is 5.88. The van der Waals surface area contributed by atoms with Crippen molar-refractivity contribution in [2.75, 3.05) is 60.3 Å². The van der Waals surface area contributed by atoms with Crippen LogP contribution in [0.25, 0.3) is 0 Å². The lowest BCUT2D eigenvalue weighted by Crippen LogP contribution is -2.51. The summed E-state index contributed by atoms with van der Waals surface area (Å²) in [5, 5.41) is 2.91. The summed E-state index contributed by atoms with van der Waals surface area (Å²) in [6.07, 6.45) is 2.82. The number of hydrogen-bond acceptors (Lipinski definition) is 6. The maximum absolute atomic E-state index is 12.4. The van der Waals surface area contributed by atoms with Gasteiger partial charge in [-0.3, -0.25) is 9.59 Å². The van der Waals surface area contributed by atoms with Crippen LogP contribution in [0.3, 0.4) is 0 Å². The average molecular weight is 376 g/mol. The number of amides is 2. The van der Waals surface area contributed by atoms with Crippen LogP contribution in [0.15, 0.2) is 0 Å². The van der Waals surface area contributed by atoms with Crippen LogP contribution in [0, 0.1) is 5.92 Å². The second-order valence-electron chi connectivity index (χ2n) is 6.49. The first-order valence-electron chi connectivity index (χ1n) is 9.33. The van der Waals surface area contributed by atoms with Crippen LogP contribution in [-0.4, -0.2) is 83.0 Å². The molecule has 0 radical (unpaired) electrons. The molecular formula is C18H37N3O5. The standard InChI is InChI=1S/C18H37N3O5/c1-15(2)17(18(23)20-9-7-5-6-8-19)21(3)16(22)14-26-13-12-25-11-10-24-4/h15,17H,5-14,19H2,1-4H3,(H,20,23). The molecule has 0 aromatic carbocycles. The molecule has 0 aliphatic carbocycles. The third-order valence-electron chi connectivity index (χ3n) is 3.92. The summed E-state index contributed by atoms with van der Waals surface area (Å²) in [7, 11) is 3.25. The Hall–Kier alpha value is -1.22. The Bertz CT molecular complexity index is 380. The number of methoxy groups -OCH3 is 1.